The van der Waals surface area contributed by atoms with Crippen molar-refractivity contribution in [3.8, 4) is 11.8 Å². The maximum Gasteiger partial charge on any atom is 0.207 e. The van der Waals surface area contributed by atoms with Crippen LogP contribution >= 0.6 is 11.6 Å². The Kier molecular flexibility index (Phi) is 2.58. The number of nitrogens with two attached hydrogens (primary N) is 1. The van der Waals surface area contributed by atoms with Gasteiger partial charge in [0.15, 0.2) is 5.65 Å². The van der Waals surface area contributed by atoms with Gasteiger partial charge in [0.2, 0.25) is 5.95 Å². The Labute approximate surface area is 113 Å². The zero-order valence-corrected chi connectivity index (χ0v) is 10.5. The van der Waals surface area contributed by atoms with Crippen molar-refractivity contribution in [2.75, 3.05) is 5.73 Å². The Morgan fingerprint density at radius 1 is 1.26 bits per heavy atom. The molecule has 6 heteroatoms. The molecule has 19 heavy (non-hydrogen) atoms. The van der Waals surface area contributed by atoms with E-state index in [4.69, 9.17) is 22.6 Å². The van der Waals surface area contributed by atoms with Gasteiger partial charge in [0.25, 0.3) is 0 Å². The Morgan fingerprint density at radius 2 is 2.00 bits per heavy atom. The van der Waals surface area contributed by atoms with Crippen LogP contribution in [0.3, 0.4) is 0 Å². The van der Waals surface area contributed by atoms with E-state index in [9.17, 15) is 0 Å². The molecule has 2 heterocycles. The minimum atomic E-state index is 0.328. The second-order valence-corrected chi connectivity index (χ2v) is 4.40. The van der Waals surface area contributed by atoms with Gasteiger partial charge in [0.1, 0.15) is 5.52 Å². The van der Waals surface area contributed by atoms with Gasteiger partial charge in [-0.05, 0) is 30.3 Å². The molecule has 0 saturated heterocycles. The Morgan fingerprint density at radius 3 is 2.68 bits per heavy atom. The van der Waals surface area contributed by atoms with Gasteiger partial charge in [-0.3, -0.25) is 4.57 Å². The molecule has 0 atom stereocenters. The number of nitrogens with zero attached hydrogens (tertiary/aromatic N) is 4. The van der Waals surface area contributed by atoms with E-state index in [0.29, 0.717) is 27.7 Å². The monoisotopic (exact) mass is 269 g/mol. The lowest BCUT2D eigenvalue weighted by Crippen LogP contribution is -2.01. The van der Waals surface area contributed by atoms with Crippen molar-refractivity contribution in [2.24, 2.45) is 0 Å². The number of imidazole rings is 1. The summed E-state index contributed by atoms with van der Waals surface area (Å²) in [5.74, 6) is 0.328. The summed E-state index contributed by atoms with van der Waals surface area (Å²) >= 11 is 5.88. The first-order chi connectivity index (χ1) is 9.19. The van der Waals surface area contributed by atoms with Crippen LogP contribution in [0.1, 0.15) is 5.56 Å². The van der Waals surface area contributed by atoms with Crippen molar-refractivity contribution in [2.45, 2.75) is 0 Å². The lowest BCUT2D eigenvalue weighted by atomic mass is 10.2. The standard InChI is InChI=1S/C13H8ClN5/c14-9-5-11-12(17-7-9)19(13(16)18-11)10-3-1-8(6-15)2-4-10/h1-5,7H,(H2,16,18). The average molecular weight is 270 g/mol. The van der Waals surface area contributed by atoms with Crippen molar-refractivity contribution in [1.82, 2.24) is 14.5 Å². The zero-order valence-electron chi connectivity index (χ0n) is 9.71. The first-order valence-electron chi connectivity index (χ1n) is 5.49. The molecule has 92 valence electrons. The van der Waals surface area contributed by atoms with Gasteiger partial charge in [-0.2, -0.15) is 5.26 Å². The van der Waals surface area contributed by atoms with Gasteiger partial charge in [-0.25, -0.2) is 9.97 Å². The molecule has 5 nitrogen and oxygen atoms in total. The van der Waals surface area contributed by atoms with Crippen LogP contribution in [0.2, 0.25) is 5.02 Å². The Balaban J connectivity index is 2.24. The minimum absolute atomic E-state index is 0.328. The summed E-state index contributed by atoms with van der Waals surface area (Å²) in [5.41, 5.74) is 8.56. The van der Waals surface area contributed by atoms with Crippen molar-refractivity contribution < 1.29 is 0 Å². The second-order valence-electron chi connectivity index (χ2n) is 3.96. The van der Waals surface area contributed by atoms with Gasteiger partial charge in [0, 0.05) is 6.20 Å². The van der Waals surface area contributed by atoms with E-state index in [-0.39, 0.29) is 0 Å². The van der Waals surface area contributed by atoms with Crippen LogP contribution in [0.15, 0.2) is 36.5 Å². The molecule has 0 amide bonds. The fraction of sp³-hybridized carbons (Fsp3) is 0. The average Bonchev–Trinajstić information content (AvgIpc) is 2.74. The van der Waals surface area contributed by atoms with Crippen LogP contribution in [0, 0.1) is 11.3 Å². The van der Waals surface area contributed by atoms with E-state index in [1.807, 2.05) is 0 Å². The first-order valence-corrected chi connectivity index (χ1v) is 5.87. The molecule has 3 rings (SSSR count). The maximum atomic E-state index is 8.80. The summed E-state index contributed by atoms with van der Waals surface area (Å²) in [6, 6.07) is 10.8. The Hall–Kier alpha value is -2.58. The van der Waals surface area contributed by atoms with E-state index in [1.165, 1.54) is 0 Å². The lowest BCUT2D eigenvalue weighted by Gasteiger charge is -2.05. The summed E-state index contributed by atoms with van der Waals surface area (Å²) in [7, 11) is 0. The quantitative estimate of drug-likeness (QED) is 0.736. The molecule has 0 spiro atoms. The number of nitrogen functional groups attached to an aromatic ring is 1. The number of pyridine rings is 1. The number of rotatable bonds is 1. The van der Waals surface area contributed by atoms with Gasteiger partial charge < -0.3 is 5.73 Å². The predicted octanol–water partition coefficient (Wildman–Crippen LogP) is 2.53. The highest BCUT2D eigenvalue weighted by Gasteiger charge is 2.11. The molecule has 0 aliphatic heterocycles. The van der Waals surface area contributed by atoms with Crippen molar-refractivity contribution >= 4 is 28.7 Å². The van der Waals surface area contributed by atoms with Crippen LogP contribution in [0.25, 0.3) is 16.9 Å². The van der Waals surface area contributed by atoms with E-state index in [1.54, 1.807) is 41.1 Å². The molecule has 0 saturated carbocycles. The summed E-state index contributed by atoms with van der Waals surface area (Å²) in [6.07, 6.45) is 1.55. The minimum Gasteiger partial charge on any atom is -0.369 e. The molecule has 0 fully saturated rings. The third-order valence-corrected chi connectivity index (χ3v) is 2.95. The van der Waals surface area contributed by atoms with Crippen LogP contribution in [-0.2, 0) is 0 Å². The van der Waals surface area contributed by atoms with Crippen molar-refractivity contribution in [3.05, 3.63) is 47.1 Å². The highest BCUT2D eigenvalue weighted by molar-refractivity contribution is 6.31. The number of anilines is 1. The number of halogens is 1. The van der Waals surface area contributed by atoms with E-state index in [2.05, 4.69) is 16.0 Å². The molecular formula is C13H8ClN5. The molecule has 0 aliphatic rings. The third-order valence-electron chi connectivity index (χ3n) is 2.74. The predicted molar refractivity (Wildman–Crippen MR) is 73.0 cm³/mol. The molecular weight excluding hydrogens is 262 g/mol. The first kappa shape index (κ1) is 11.5. The fourth-order valence-corrected chi connectivity index (χ4v) is 2.05. The topological polar surface area (TPSA) is 80.5 Å². The largest absolute Gasteiger partial charge is 0.369 e. The molecule has 2 N–H and O–H groups in total. The molecule has 2 aromatic heterocycles. The highest BCUT2D eigenvalue weighted by Crippen LogP contribution is 2.23. The third kappa shape index (κ3) is 1.88. The number of benzene rings is 1. The highest BCUT2D eigenvalue weighted by atomic mass is 35.5. The summed E-state index contributed by atoms with van der Waals surface area (Å²) in [5, 5.41) is 9.31. The van der Waals surface area contributed by atoms with E-state index < -0.39 is 0 Å². The van der Waals surface area contributed by atoms with Crippen LogP contribution in [0.4, 0.5) is 5.95 Å². The lowest BCUT2D eigenvalue weighted by molar-refractivity contribution is 1.08. The number of nitriles is 1. The van der Waals surface area contributed by atoms with E-state index >= 15 is 0 Å². The molecule has 0 bridgehead atoms. The smallest absolute Gasteiger partial charge is 0.207 e. The number of aromatic nitrogens is 3. The normalized spacial score (nSPS) is 10.5. The Bertz CT molecular complexity index is 798. The zero-order chi connectivity index (χ0) is 13.4. The van der Waals surface area contributed by atoms with Gasteiger partial charge in [0.05, 0.1) is 22.3 Å². The van der Waals surface area contributed by atoms with Gasteiger partial charge in [-0.15, -0.1) is 0 Å². The van der Waals surface area contributed by atoms with Crippen LogP contribution in [0.5, 0.6) is 0 Å². The molecule has 0 aliphatic carbocycles. The molecule has 3 aromatic rings. The SMILES string of the molecule is N#Cc1ccc(-n2c(N)nc3cc(Cl)cnc32)cc1. The second kappa shape index (κ2) is 4.26. The molecule has 1 aromatic carbocycles. The van der Waals surface area contributed by atoms with Crippen molar-refractivity contribution in [1.29, 1.82) is 5.26 Å². The van der Waals surface area contributed by atoms with Gasteiger partial charge in [-0.1, -0.05) is 11.6 Å². The number of hydrogen-bond acceptors (Lipinski definition) is 4. The van der Waals surface area contributed by atoms with Crippen molar-refractivity contribution in [3.63, 3.8) is 0 Å². The summed E-state index contributed by atoms with van der Waals surface area (Å²) < 4.78 is 1.72. The van der Waals surface area contributed by atoms with E-state index in [0.717, 1.165) is 5.69 Å². The molecule has 0 radical (unpaired) electrons. The fourth-order valence-electron chi connectivity index (χ4n) is 1.90. The summed E-state index contributed by atoms with van der Waals surface area (Å²) in [4.78, 5) is 8.47. The van der Waals surface area contributed by atoms with Crippen LogP contribution in [-0.4, -0.2) is 14.5 Å². The summed E-state index contributed by atoms with van der Waals surface area (Å²) in [6.45, 7) is 0. The number of fused-ring (bicyclic) bond motifs is 1. The maximum absolute atomic E-state index is 8.80. The number of hydrogen-bond donors (Lipinski definition) is 1. The molecule has 0 unspecified atom stereocenters. The van der Waals surface area contributed by atoms with Gasteiger partial charge >= 0.3 is 0 Å². The van der Waals surface area contributed by atoms with Crippen LogP contribution < -0.4 is 5.73 Å².